The van der Waals surface area contributed by atoms with E-state index in [0.29, 0.717) is 25.0 Å². The smallest absolute Gasteiger partial charge is 0.257 e. The Morgan fingerprint density at radius 2 is 1.87 bits per heavy atom. The zero-order chi connectivity index (χ0) is 11.6. The summed E-state index contributed by atoms with van der Waals surface area (Å²) >= 11 is 0. The molecule has 0 radical (unpaired) electrons. The van der Waals surface area contributed by atoms with E-state index in [0.717, 1.165) is 0 Å². The van der Waals surface area contributed by atoms with Gasteiger partial charge in [-0.25, -0.2) is 0 Å². The average Bonchev–Trinajstić information content (AvgIpc) is 2.48. The molecule has 2 amide bonds. The summed E-state index contributed by atoms with van der Waals surface area (Å²) in [5.74, 6) is -0.430. The summed E-state index contributed by atoms with van der Waals surface area (Å²) < 4.78 is 0. The molecule has 0 saturated carbocycles. The minimum Gasteiger partial charge on any atom is -0.328 e. The van der Waals surface area contributed by atoms with Gasteiger partial charge in [-0.2, -0.15) is 0 Å². The van der Waals surface area contributed by atoms with Crippen LogP contribution in [-0.2, 0) is 9.59 Å². The summed E-state index contributed by atoms with van der Waals surface area (Å²) in [4.78, 5) is 24.8. The molecule has 0 aromatic carbocycles. The molecule has 4 nitrogen and oxygen atoms in total. The van der Waals surface area contributed by atoms with Crippen molar-refractivity contribution >= 4 is 11.8 Å². The van der Waals surface area contributed by atoms with Crippen molar-refractivity contribution < 1.29 is 9.59 Å². The van der Waals surface area contributed by atoms with Gasteiger partial charge in [-0.1, -0.05) is 13.8 Å². The third kappa shape index (κ3) is 1.69. The van der Waals surface area contributed by atoms with Crippen LogP contribution in [0.1, 0.15) is 33.6 Å². The SMILES string of the molecule is CCC(CC)(CN)N1C(=O)C=C(C)C1=O. The third-order valence-corrected chi connectivity index (χ3v) is 3.27. The van der Waals surface area contributed by atoms with Gasteiger partial charge in [0.05, 0.1) is 5.54 Å². The normalized spacial score (nSPS) is 17.3. The number of hydrogen-bond donors (Lipinski definition) is 1. The van der Waals surface area contributed by atoms with Crippen LogP contribution < -0.4 is 5.73 Å². The van der Waals surface area contributed by atoms with Crippen molar-refractivity contribution in [2.75, 3.05) is 6.54 Å². The Labute approximate surface area is 90.1 Å². The van der Waals surface area contributed by atoms with E-state index >= 15 is 0 Å². The van der Waals surface area contributed by atoms with Gasteiger partial charge in [0, 0.05) is 18.2 Å². The first kappa shape index (κ1) is 11.9. The molecule has 0 spiro atoms. The van der Waals surface area contributed by atoms with Crippen LogP contribution in [0.15, 0.2) is 11.6 Å². The Bertz CT molecular complexity index is 308. The highest BCUT2D eigenvalue weighted by atomic mass is 16.2. The Hall–Kier alpha value is -1.16. The highest BCUT2D eigenvalue weighted by molar-refractivity contribution is 6.16. The Morgan fingerprint density at radius 3 is 2.13 bits per heavy atom. The molecule has 0 aromatic rings. The minimum absolute atomic E-state index is 0.200. The van der Waals surface area contributed by atoms with E-state index in [2.05, 4.69) is 0 Å². The van der Waals surface area contributed by atoms with Crippen LogP contribution in [0.25, 0.3) is 0 Å². The van der Waals surface area contributed by atoms with Gasteiger partial charge in [0.15, 0.2) is 0 Å². The lowest BCUT2D eigenvalue weighted by atomic mass is 9.90. The molecule has 0 saturated heterocycles. The molecule has 15 heavy (non-hydrogen) atoms. The molecule has 1 heterocycles. The Balaban J connectivity index is 3.07. The molecule has 1 aliphatic rings. The fourth-order valence-corrected chi connectivity index (χ4v) is 1.98. The van der Waals surface area contributed by atoms with Gasteiger partial charge in [0.1, 0.15) is 0 Å². The summed E-state index contributed by atoms with van der Waals surface area (Å²) in [6.07, 6.45) is 2.77. The second kappa shape index (κ2) is 4.14. The lowest BCUT2D eigenvalue weighted by Gasteiger charge is -2.38. The molecule has 0 bridgehead atoms. The van der Waals surface area contributed by atoms with Gasteiger partial charge in [-0.05, 0) is 19.8 Å². The minimum atomic E-state index is -0.511. The number of amides is 2. The first-order valence-electron chi connectivity index (χ1n) is 5.29. The molecule has 2 N–H and O–H groups in total. The molecular formula is C11H18N2O2. The maximum absolute atomic E-state index is 11.8. The number of imide groups is 1. The summed E-state index contributed by atoms with van der Waals surface area (Å²) in [5, 5.41) is 0. The third-order valence-electron chi connectivity index (χ3n) is 3.27. The summed E-state index contributed by atoms with van der Waals surface area (Å²) in [5.41, 5.74) is 5.70. The standard InChI is InChI=1S/C11H18N2O2/c1-4-11(5-2,7-12)13-9(14)6-8(3)10(13)15/h6H,4-5,7,12H2,1-3H3. The zero-order valence-electron chi connectivity index (χ0n) is 9.54. The predicted molar refractivity (Wildman–Crippen MR) is 58.0 cm³/mol. The molecule has 0 unspecified atom stereocenters. The van der Waals surface area contributed by atoms with Gasteiger partial charge in [0.2, 0.25) is 0 Å². The highest BCUT2D eigenvalue weighted by Crippen LogP contribution is 2.28. The van der Waals surface area contributed by atoms with E-state index in [4.69, 9.17) is 5.73 Å². The summed E-state index contributed by atoms with van der Waals surface area (Å²) in [6, 6.07) is 0. The average molecular weight is 210 g/mol. The van der Waals surface area contributed by atoms with Gasteiger partial charge < -0.3 is 5.73 Å². The molecule has 84 valence electrons. The van der Waals surface area contributed by atoms with Crippen LogP contribution in [0.4, 0.5) is 0 Å². The number of carbonyl (C=O) groups excluding carboxylic acids is 2. The summed E-state index contributed by atoms with van der Waals surface area (Å²) in [7, 11) is 0. The van der Waals surface area contributed by atoms with Crippen molar-refractivity contribution in [3.8, 4) is 0 Å². The van der Waals surface area contributed by atoms with Crippen molar-refractivity contribution in [2.45, 2.75) is 39.2 Å². The second-order valence-electron chi connectivity index (χ2n) is 3.94. The quantitative estimate of drug-likeness (QED) is 0.699. The molecule has 1 aliphatic heterocycles. The van der Waals surface area contributed by atoms with Crippen LogP contribution >= 0.6 is 0 Å². The fourth-order valence-electron chi connectivity index (χ4n) is 1.98. The molecule has 0 atom stereocenters. The molecule has 0 aromatic heterocycles. The predicted octanol–water partition coefficient (Wildman–Crippen LogP) is 0.819. The monoisotopic (exact) mass is 210 g/mol. The van der Waals surface area contributed by atoms with Crippen LogP contribution in [0.2, 0.25) is 0 Å². The number of nitrogens with zero attached hydrogens (tertiary/aromatic N) is 1. The fraction of sp³-hybridized carbons (Fsp3) is 0.636. The number of hydrogen-bond acceptors (Lipinski definition) is 3. The second-order valence-corrected chi connectivity index (χ2v) is 3.94. The first-order valence-corrected chi connectivity index (χ1v) is 5.29. The maximum Gasteiger partial charge on any atom is 0.257 e. The van der Waals surface area contributed by atoms with E-state index in [1.54, 1.807) is 6.92 Å². The van der Waals surface area contributed by atoms with Crippen LogP contribution in [0.5, 0.6) is 0 Å². The van der Waals surface area contributed by atoms with Crippen LogP contribution in [0, 0.1) is 0 Å². The molecule has 0 fully saturated rings. The van der Waals surface area contributed by atoms with Gasteiger partial charge in [-0.3, -0.25) is 14.5 Å². The van der Waals surface area contributed by atoms with Crippen molar-refractivity contribution in [2.24, 2.45) is 5.73 Å². The van der Waals surface area contributed by atoms with Crippen molar-refractivity contribution in [3.63, 3.8) is 0 Å². The van der Waals surface area contributed by atoms with Crippen molar-refractivity contribution in [1.29, 1.82) is 0 Å². The maximum atomic E-state index is 11.8. The number of rotatable bonds is 4. The zero-order valence-corrected chi connectivity index (χ0v) is 9.54. The topological polar surface area (TPSA) is 63.4 Å². The van der Waals surface area contributed by atoms with Crippen molar-refractivity contribution in [1.82, 2.24) is 4.90 Å². The van der Waals surface area contributed by atoms with E-state index < -0.39 is 5.54 Å². The summed E-state index contributed by atoms with van der Waals surface area (Å²) in [6.45, 7) is 5.88. The number of nitrogens with two attached hydrogens (primary N) is 1. The van der Waals surface area contributed by atoms with Gasteiger partial charge in [0.25, 0.3) is 11.8 Å². The molecule has 4 heteroatoms. The lowest BCUT2D eigenvalue weighted by Crippen LogP contribution is -2.56. The lowest BCUT2D eigenvalue weighted by molar-refractivity contribution is -0.144. The van der Waals surface area contributed by atoms with E-state index in [1.807, 2.05) is 13.8 Å². The number of carbonyl (C=O) groups is 2. The van der Waals surface area contributed by atoms with Gasteiger partial charge in [-0.15, -0.1) is 0 Å². The Morgan fingerprint density at radius 1 is 1.33 bits per heavy atom. The van der Waals surface area contributed by atoms with E-state index in [1.165, 1.54) is 11.0 Å². The van der Waals surface area contributed by atoms with Gasteiger partial charge >= 0.3 is 0 Å². The molecule has 1 rings (SSSR count). The first-order chi connectivity index (χ1) is 7.02. The highest BCUT2D eigenvalue weighted by Gasteiger charge is 2.42. The van der Waals surface area contributed by atoms with Crippen LogP contribution in [-0.4, -0.2) is 28.8 Å². The molecule has 0 aliphatic carbocycles. The van der Waals surface area contributed by atoms with E-state index in [9.17, 15) is 9.59 Å². The van der Waals surface area contributed by atoms with Crippen LogP contribution in [0.3, 0.4) is 0 Å². The Kier molecular flexibility index (Phi) is 3.29. The van der Waals surface area contributed by atoms with E-state index in [-0.39, 0.29) is 11.8 Å². The molecular weight excluding hydrogens is 192 g/mol. The van der Waals surface area contributed by atoms with Crippen molar-refractivity contribution in [3.05, 3.63) is 11.6 Å². The largest absolute Gasteiger partial charge is 0.328 e.